The molecule has 0 bridgehead atoms. The van der Waals surface area contributed by atoms with Gasteiger partial charge in [0.15, 0.2) is 5.96 Å². The molecule has 14 nitrogen and oxygen atoms in total. The van der Waals surface area contributed by atoms with Gasteiger partial charge in [-0.25, -0.2) is 4.79 Å². The van der Waals surface area contributed by atoms with E-state index in [9.17, 15) is 29.4 Å². The standard InChI is InChI=1S/C19H38N8O6/c1-10(25-17(31)14(21)11(2)28)15(29)26-12(6-3-4-8-20)16(30)27-13(18(32)33)7-5-9-24-19(22)23/h10-14,28H,3-9,20-21H2,1-2H3,(H,25,31)(H,26,29)(H,27,30)(H,32,33)(H4,22,23,24). The summed E-state index contributed by atoms with van der Waals surface area (Å²) in [5, 5.41) is 26.1. The number of hydrogen-bond acceptors (Lipinski definition) is 8. The molecule has 0 aliphatic rings. The number of aliphatic imine (C=N–C) groups is 1. The maximum atomic E-state index is 12.7. The maximum Gasteiger partial charge on any atom is 0.326 e. The fraction of sp³-hybridized carbons (Fsp3) is 0.737. The van der Waals surface area contributed by atoms with E-state index >= 15 is 0 Å². The molecule has 0 spiro atoms. The van der Waals surface area contributed by atoms with E-state index in [0.717, 1.165) is 0 Å². The van der Waals surface area contributed by atoms with E-state index in [4.69, 9.17) is 22.9 Å². The number of aliphatic carboxylic acids is 1. The molecule has 0 aliphatic carbocycles. The van der Waals surface area contributed by atoms with Crippen molar-refractivity contribution in [2.24, 2.45) is 27.9 Å². The van der Waals surface area contributed by atoms with Crippen molar-refractivity contribution >= 4 is 29.7 Å². The Morgan fingerprint density at radius 1 is 0.879 bits per heavy atom. The third kappa shape index (κ3) is 12.6. The van der Waals surface area contributed by atoms with Crippen molar-refractivity contribution < 1.29 is 29.4 Å². The van der Waals surface area contributed by atoms with Crippen molar-refractivity contribution in [1.82, 2.24) is 16.0 Å². The number of carbonyl (C=O) groups excluding carboxylic acids is 3. The molecule has 14 heteroatoms. The van der Waals surface area contributed by atoms with Gasteiger partial charge in [0.1, 0.15) is 24.2 Å². The second-order valence-corrected chi connectivity index (χ2v) is 7.69. The number of guanidine groups is 1. The van der Waals surface area contributed by atoms with E-state index < -0.39 is 54.0 Å². The Kier molecular flexibility index (Phi) is 14.4. The van der Waals surface area contributed by atoms with Crippen LogP contribution in [0.25, 0.3) is 0 Å². The molecule has 0 aromatic carbocycles. The normalized spacial score (nSPS) is 15.3. The van der Waals surface area contributed by atoms with E-state index in [-0.39, 0.29) is 25.3 Å². The van der Waals surface area contributed by atoms with E-state index in [1.807, 2.05) is 0 Å². The smallest absolute Gasteiger partial charge is 0.326 e. The van der Waals surface area contributed by atoms with E-state index in [0.29, 0.717) is 25.8 Å². The molecule has 0 rings (SSSR count). The third-order valence-electron chi connectivity index (χ3n) is 4.71. The van der Waals surface area contributed by atoms with Gasteiger partial charge in [-0.05, 0) is 52.5 Å². The Morgan fingerprint density at radius 3 is 1.97 bits per heavy atom. The van der Waals surface area contributed by atoms with Crippen molar-refractivity contribution in [3.63, 3.8) is 0 Å². The molecule has 13 N–H and O–H groups in total. The van der Waals surface area contributed by atoms with Crippen LogP contribution in [0.2, 0.25) is 0 Å². The molecule has 0 aromatic rings. The molecule has 5 unspecified atom stereocenters. The Bertz CT molecular complexity index is 683. The van der Waals surface area contributed by atoms with Crippen LogP contribution >= 0.6 is 0 Å². The quantitative estimate of drug-likeness (QED) is 0.0603. The SMILES string of the molecule is CC(NC(=O)C(N)C(C)O)C(=O)NC(CCCCN)C(=O)NC(CCCN=C(N)N)C(=O)O. The van der Waals surface area contributed by atoms with E-state index in [1.54, 1.807) is 0 Å². The number of nitrogens with zero attached hydrogens (tertiary/aromatic N) is 1. The van der Waals surface area contributed by atoms with Crippen LogP contribution in [0.4, 0.5) is 0 Å². The number of carboxylic acid groups (broad SMARTS) is 1. The van der Waals surface area contributed by atoms with Gasteiger partial charge in [-0.2, -0.15) is 0 Å². The van der Waals surface area contributed by atoms with Crippen LogP contribution in [0.3, 0.4) is 0 Å². The monoisotopic (exact) mass is 474 g/mol. The minimum absolute atomic E-state index is 0.0744. The highest BCUT2D eigenvalue weighted by molar-refractivity contribution is 5.93. The molecule has 3 amide bonds. The lowest BCUT2D eigenvalue weighted by Gasteiger charge is -2.24. The number of hydrogen-bond donors (Lipinski definition) is 9. The number of unbranched alkanes of at least 4 members (excludes halogenated alkanes) is 1. The molecular weight excluding hydrogens is 436 g/mol. The predicted molar refractivity (Wildman–Crippen MR) is 122 cm³/mol. The van der Waals surface area contributed by atoms with Crippen LogP contribution in [0.15, 0.2) is 4.99 Å². The van der Waals surface area contributed by atoms with Crippen molar-refractivity contribution in [3.8, 4) is 0 Å². The van der Waals surface area contributed by atoms with Gasteiger partial charge in [0, 0.05) is 6.54 Å². The summed E-state index contributed by atoms with van der Waals surface area (Å²) < 4.78 is 0. The lowest BCUT2D eigenvalue weighted by Crippen LogP contribution is -2.57. The highest BCUT2D eigenvalue weighted by atomic mass is 16.4. The fourth-order valence-corrected chi connectivity index (χ4v) is 2.69. The molecule has 0 heterocycles. The first-order valence-electron chi connectivity index (χ1n) is 10.7. The number of carboxylic acids is 1. The first-order chi connectivity index (χ1) is 15.4. The fourth-order valence-electron chi connectivity index (χ4n) is 2.69. The second-order valence-electron chi connectivity index (χ2n) is 7.69. The van der Waals surface area contributed by atoms with Crippen LogP contribution in [0.1, 0.15) is 46.0 Å². The molecule has 0 fully saturated rings. The first-order valence-corrected chi connectivity index (χ1v) is 10.7. The highest BCUT2D eigenvalue weighted by Crippen LogP contribution is 2.05. The highest BCUT2D eigenvalue weighted by Gasteiger charge is 2.29. The molecular formula is C19H38N8O6. The van der Waals surface area contributed by atoms with E-state index in [1.165, 1.54) is 13.8 Å². The number of rotatable bonds is 16. The Labute approximate surface area is 192 Å². The molecule has 0 radical (unpaired) electrons. The molecule has 0 saturated heterocycles. The topological polar surface area (TPSA) is 261 Å². The van der Waals surface area contributed by atoms with Crippen molar-refractivity contribution in [1.29, 1.82) is 0 Å². The largest absolute Gasteiger partial charge is 0.480 e. The summed E-state index contributed by atoms with van der Waals surface area (Å²) in [6.07, 6.45) is 0.579. The van der Waals surface area contributed by atoms with Crippen LogP contribution in [-0.4, -0.2) is 83.2 Å². The lowest BCUT2D eigenvalue weighted by molar-refractivity contribution is -0.142. The third-order valence-corrected chi connectivity index (χ3v) is 4.71. The van der Waals surface area contributed by atoms with Gasteiger partial charge < -0.3 is 49.1 Å². The van der Waals surface area contributed by atoms with Gasteiger partial charge in [0.2, 0.25) is 17.7 Å². The summed E-state index contributed by atoms with van der Waals surface area (Å²) in [6, 6.07) is -4.53. The summed E-state index contributed by atoms with van der Waals surface area (Å²) in [4.78, 5) is 52.5. The lowest BCUT2D eigenvalue weighted by atomic mass is 10.1. The van der Waals surface area contributed by atoms with Gasteiger partial charge in [0.05, 0.1) is 6.10 Å². The summed E-state index contributed by atoms with van der Waals surface area (Å²) in [7, 11) is 0. The van der Waals surface area contributed by atoms with Crippen LogP contribution < -0.4 is 38.9 Å². The zero-order valence-electron chi connectivity index (χ0n) is 19.1. The number of carbonyl (C=O) groups is 4. The number of aliphatic hydroxyl groups is 1. The molecule has 0 aromatic heterocycles. The second kappa shape index (κ2) is 15.8. The van der Waals surface area contributed by atoms with Gasteiger partial charge in [-0.15, -0.1) is 0 Å². The zero-order valence-corrected chi connectivity index (χ0v) is 19.1. The number of amides is 3. The average molecular weight is 475 g/mol. The summed E-state index contributed by atoms with van der Waals surface area (Å²) in [5.74, 6) is -3.46. The first kappa shape index (κ1) is 30.0. The number of aliphatic hydroxyl groups excluding tert-OH is 1. The van der Waals surface area contributed by atoms with Gasteiger partial charge >= 0.3 is 5.97 Å². The van der Waals surface area contributed by atoms with Gasteiger partial charge in [-0.3, -0.25) is 19.4 Å². The summed E-state index contributed by atoms with van der Waals surface area (Å²) >= 11 is 0. The molecule has 5 atom stereocenters. The summed E-state index contributed by atoms with van der Waals surface area (Å²) in [5.41, 5.74) is 21.5. The Morgan fingerprint density at radius 2 is 1.45 bits per heavy atom. The zero-order chi connectivity index (χ0) is 25.6. The Balaban J connectivity index is 5.13. The van der Waals surface area contributed by atoms with Crippen molar-refractivity contribution in [2.75, 3.05) is 13.1 Å². The molecule has 0 aliphatic heterocycles. The van der Waals surface area contributed by atoms with E-state index in [2.05, 4.69) is 20.9 Å². The number of nitrogens with one attached hydrogen (secondary N) is 3. The van der Waals surface area contributed by atoms with Crippen LogP contribution in [0, 0.1) is 0 Å². The van der Waals surface area contributed by atoms with Gasteiger partial charge in [0.25, 0.3) is 0 Å². The van der Waals surface area contributed by atoms with Gasteiger partial charge in [-0.1, -0.05) is 0 Å². The van der Waals surface area contributed by atoms with Crippen molar-refractivity contribution in [2.45, 2.75) is 76.2 Å². The minimum Gasteiger partial charge on any atom is -0.480 e. The summed E-state index contributed by atoms with van der Waals surface area (Å²) in [6.45, 7) is 3.31. The molecule has 33 heavy (non-hydrogen) atoms. The molecule has 190 valence electrons. The van der Waals surface area contributed by atoms with Crippen LogP contribution in [-0.2, 0) is 19.2 Å². The average Bonchev–Trinajstić information content (AvgIpc) is 2.73. The predicted octanol–water partition coefficient (Wildman–Crippen LogP) is -3.56. The Hall–Kier alpha value is -2.97. The molecule has 0 saturated carbocycles. The van der Waals surface area contributed by atoms with Crippen LogP contribution in [0.5, 0.6) is 0 Å². The van der Waals surface area contributed by atoms with Crippen molar-refractivity contribution in [3.05, 3.63) is 0 Å². The minimum atomic E-state index is -1.24. The number of nitrogens with two attached hydrogens (primary N) is 4. The maximum absolute atomic E-state index is 12.7.